The first kappa shape index (κ1) is 16.3. The maximum Gasteiger partial charge on any atom is 0.433 e. The van der Waals surface area contributed by atoms with Crippen molar-refractivity contribution in [3.05, 3.63) is 53.5 Å². The van der Waals surface area contributed by atoms with Crippen LogP contribution in [-0.4, -0.2) is 27.2 Å². The number of hydrogen-bond donors (Lipinski definition) is 3. The van der Waals surface area contributed by atoms with Crippen LogP contribution in [0.25, 0.3) is 22.0 Å². The predicted molar refractivity (Wildman–Crippen MR) is 96.7 cm³/mol. The number of alkyl halides is 3. The van der Waals surface area contributed by atoms with Gasteiger partial charge in [0.05, 0.1) is 24.0 Å². The lowest BCUT2D eigenvalue weighted by molar-refractivity contribution is -0.141. The van der Waals surface area contributed by atoms with Crippen LogP contribution < -0.4 is 14.8 Å². The van der Waals surface area contributed by atoms with E-state index < -0.39 is 17.9 Å². The molecule has 146 valence electrons. The number of aromatic nitrogens is 4. The molecule has 7 nitrogen and oxygen atoms in total. The minimum atomic E-state index is -4.56. The van der Waals surface area contributed by atoms with Gasteiger partial charge in [-0.25, -0.2) is 0 Å². The van der Waals surface area contributed by atoms with Crippen LogP contribution in [0.5, 0.6) is 11.5 Å². The topological polar surface area (TPSA) is 87.9 Å². The second kappa shape index (κ2) is 5.43. The molecule has 2 aliphatic rings. The summed E-state index contributed by atoms with van der Waals surface area (Å²) in [5.41, 5.74) is 2.90. The Morgan fingerprint density at radius 3 is 2.59 bits per heavy atom. The van der Waals surface area contributed by atoms with Crippen molar-refractivity contribution in [1.82, 2.24) is 20.4 Å². The third-order valence-corrected chi connectivity index (χ3v) is 5.31. The molecule has 2 aromatic carbocycles. The van der Waals surface area contributed by atoms with Crippen molar-refractivity contribution in [2.75, 3.05) is 12.1 Å². The van der Waals surface area contributed by atoms with Gasteiger partial charge in [-0.05, 0) is 35.4 Å². The Bertz CT molecular complexity index is 1280. The fourth-order valence-electron chi connectivity index (χ4n) is 4.06. The van der Waals surface area contributed by atoms with E-state index in [4.69, 9.17) is 9.47 Å². The lowest BCUT2D eigenvalue weighted by Crippen LogP contribution is -2.21. The van der Waals surface area contributed by atoms with E-state index in [2.05, 4.69) is 25.7 Å². The zero-order valence-corrected chi connectivity index (χ0v) is 14.6. The third-order valence-electron chi connectivity index (χ3n) is 5.31. The Balaban J connectivity index is 1.64. The standard InChI is InChI=1S/C19H12F3N5O2/c20-19(21,22)18-11(6-24-27-18)17-9-4-15-14(28-7-29-15)3-8(9)16-10-5-23-26-12(10)1-2-13(16)25-17/h1-6,17,25H,7H2,(H,23,26)(H,24,27). The van der Waals surface area contributed by atoms with Gasteiger partial charge in [0, 0.05) is 22.2 Å². The molecule has 10 heteroatoms. The number of anilines is 1. The Morgan fingerprint density at radius 2 is 1.76 bits per heavy atom. The lowest BCUT2D eigenvalue weighted by atomic mass is 9.85. The number of nitrogens with one attached hydrogen (secondary N) is 3. The Hall–Kier alpha value is -3.69. The third kappa shape index (κ3) is 2.25. The summed E-state index contributed by atoms with van der Waals surface area (Å²) in [5, 5.41) is 16.9. The van der Waals surface area contributed by atoms with Crippen molar-refractivity contribution in [3.63, 3.8) is 0 Å². The Labute approximate surface area is 160 Å². The fourth-order valence-corrected chi connectivity index (χ4v) is 4.06. The number of benzene rings is 2. The Morgan fingerprint density at radius 1 is 0.966 bits per heavy atom. The highest BCUT2D eigenvalue weighted by atomic mass is 19.4. The molecule has 0 saturated carbocycles. The fraction of sp³-hybridized carbons (Fsp3) is 0.158. The van der Waals surface area contributed by atoms with Crippen LogP contribution in [0.1, 0.15) is 22.9 Å². The molecule has 1 atom stereocenters. The summed E-state index contributed by atoms with van der Waals surface area (Å²) in [7, 11) is 0. The van der Waals surface area contributed by atoms with E-state index >= 15 is 0 Å². The summed E-state index contributed by atoms with van der Waals surface area (Å²) in [6.07, 6.45) is -1.65. The number of aromatic amines is 2. The van der Waals surface area contributed by atoms with Crippen LogP contribution in [0.4, 0.5) is 18.9 Å². The maximum absolute atomic E-state index is 13.5. The van der Waals surface area contributed by atoms with Gasteiger partial charge in [-0.1, -0.05) is 0 Å². The zero-order valence-electron chi connectivity index (χ0n) is 14.6. The van der Waals surface area contributed by atoms with Crippen LogP contribution in [0.3, 0.4) is 0 Å². The molecule has 0 bridgehead atoms. The smallest absolute Gasteiger partial charge is 0.433 e. The van der Waals surface area contributed by atoms with Crippen molar-refractivity contribution < 1.29 is 22.6 Å². The highest BCUT2D eigenvalue weighted by Crippen LogP contribution is 2.51. The second-order valence-electron chi connectivity index (χ2n) is 6.89. The quantitative estimate of drug-likeness (QED) is 0.446. The molecule has 0 radical (unpaired) electrons. The predicted octanol–water partition coefficient (Wildman–Crippen LogP) is 4.22. The minimum Gasteiger partial charge on any atom is -0.454 e. The largest absolute Gasteiger partial charge is 0.454 e. The summed E-state index contributed by atoms with van der Waals surface area (Å²) >= 11 is 0. The average molecular weight is 399 g/mol. The molecular formula is C19H12F3N5O2. The van der Waals surface area contributed by atoms with Gasteiger partial charge in [0.1, 0.15) is 5.69 Å². The van der Waals surface area contributed by atoms with E-state index in [0.717, 1.165) is 22.0 Å². The summed E-state index contributed by atoms with van der Waals surface area (Å²) in [6, 6.07) is 6.42. The first-order valence-electron chi connectivity index (χ1n) is 8.77. The van der Waals surface area contributed by atoms with Gasteiger partial charge in [0.15, 0.2) is 11.5 Å². The molecule has 0 aliphatic carbocycles. The van der Waals surface area contributed by atoms with Gasteiger partial charge in [-0.15, -0.1) is 0 Å². The van der Waals surface area contributed by atoms with E-state index in [-0.39, 0.29) is 12.4 Å². The lowest BCUT2D eigenvalue weighted by Gasteiger charge is -2.30. The summed E-state index contributed by atoms with van der Waals surface area (Å²) in [5.74, 6) is 1.05. The van der Waals surface area contributed by atoms with Gasteiger partial charge in [0.25, 0.3) is 0 Å². The number of halogens is 3. The van der Waals surface area contributed by atoms with Gasteiger partial charge < -0.3 is 14.8 Å². The first-order valence-corrected chi connectivity index (χ1v) is 8.77. The normalized spacial score (nSPS) is 17.1. The number of nitrogens with zero attached hydrogens (tertiary/aromatic N) is 2. The molecule has 0 fully saturated rings. The van der Waals surface area contributed by atoms with E-state index in [0.29, 0.717) is 22.7 Å². The van der Waals surface area contributed by atoms with Crippen molar-refractivity contribution in [1.29, 1.82) is 0 Å². The van der Waals surface area contributed by atoms with Crippen LogP contribution in [-0.2, 0) is 6.18 Å². The van der Waals surface area contributed by atoms with Crippen LogP contribution >= 0.6 is 0 Å². The molecule has 4 heterocycles. The van der Waals surface area contributed by atoms with E-state index in [1.807, 2.05) is 18.2 Å². The molecule has 4 aromatic rings. The molecular weight excluding hydrogens is 387 g/mol. The Kier molecular flexibility index (Phi) is 3.05. The zero-order chi connectivity index (χ0) is 19.8. The number of H-pyrrole nitrogens is 2. The SMILES string of the molecule is FC(F)(F)c1[nH]ncc1C1Nc2ccc3[nH]ncc3c2-c2cc3c(cc21)OCO3. The van der Waals surface area contributed by atoms with Crippen LogP contribution in [0, 0.1) is 0 Å². The van der Waals surface area contributed by atoms with Crippen molar-refractivity contribution in [2.45, 2.75) is 12.2 Å². The molecule has 2 aliphatic heterocycles. The minimum absolute atomic E-state index is 0.00977. The molecule has 2 aromatic heterocycles. The summed E-state index contributed by atoms with van der Waals surface area (Å²) < 4.78 is 51.6. The molecule has 29 heavy (non-hydrogen) atoms. The molecule has 1 unspecified atom stereocenters. The number of ether oxygens (including phenoxy) is 2. The van der Waals surface area contributed by atoms with Gasteiger partial charge >= 0.3 is 6.18 Å². The monoisotopic (exact) mass is 399 g/mol. The van der Waals surface area contributed by atoms with Gasteiger partial charge in [0.2, 0.25) is 6.79 Å². The van der Waals surface area contributed by atoms with Gasteiger partial charge in [-0.2, -0.15) is 23.4 Å². The van der Waals surface area contributed by atoms with E-state index in [1.54, 1.807) is 12.3 Å². The number of rotatable bonds is 1. The molecule has 0 saturated heterocycles. The highest BCUT2D eigenvalue weighted by Gasteiger charge is 2.40. The average Bonchev–Trinajstić information content (AvgIpc) is 3.44. The highest BCUT2D eigenvalue weighted by molar-refractivity contribution is 6.04. The van der Waals surface area contributed by atoms with Crippen LogP contribution in [0.2, 0.25) is 0 Å². The summed E-state index contributed by atoms with van der Waals surface area (Å²) in [4.78, 5) is 0. The summed E-state index contributed by atoms with van der Waals surface area (Å²) in [6.45, 7) is 0.0681. The maximum atomic E-state index is 13.5. The molecule has 0 spiro atoms. The van der Waals surface area contributed by atoms with Crippen LogP contribution in [0.15, 0.2) is 36.7 Å². The van der Waals surface area contributed by atoms with Crippen molar-refractivity contribution in [2.24, 2.45) is 0 Å². The number of fused-ring (bicyclic) bond motifs is 6. The van der Waals surface area contributed by atoms with E-state index in [1.165, 1.54) is 6.20 Å². The molecule has 3 N–H and O–H groups in total. The number of hydrogen-bond acceptors (Lipinski definition) is 5. The van der Waals surface area contributed by atoms with E-state index in [9.17, 15) is 13.2 Å². The van der Waals surface area contributed by atoms with Gasteiger partial charge in [-0.3, -0.25) is 10.2 Å². The van der Waals surface area contributed by atoms with Crippen molar-refractivity contribution in [3.8, 4) is 22.6 Å². The second-order valence-corrected chi connectivity index (χ2v) is 6.89. The van der Waals surface area contributed by atoms with Crippen molar-refractivity contribution >= 4 is 16.6 Å². The first-order chi connectivity index (χ1) is 14.0. The molecule has 6 rings (SSSR count). The molecule has 0 amide bonds.